The lowest BCUT2D eigenvalue weighted by atomic mass is 10.1. The number of rotatable bonds is 3. The number of piperidine rings is 1. The molecule has 0 aliphatic carbocycles. The lowest BCUT2D eigenvalue weighted by molar-refractivity contribution is -0.121. The average molecular weight is 302 g/mol. The number of carbonyl (C=O) groups is 3. The van der Waals surface area contributed by atoms with E-state index in [1.165, 1.54) is 18.6 Å². The molecule has 1 N–H and O–H groups in total. The van der Waals surface area contributed by atoms with Crippen LogP contribution in [0.1, 0.15) is 42.5 Å². The lowest BCUT2D eigenvalue weighted by Gasteiger charge is -2.32. The fourth-order valence-corrected chi connectivity index (χ4v) is 3.08. The number of benzene rings is 1. The standard InChI is InChI=1S/C16H18N2O4/c19-14-6-7-15(20)18(14)13-10-11(16(21)22)4-5-12(13)17-8-2-1-3-9-17/h4-5,10H,1-3,6-9H2,(H,21,22). The minimum Gasteiger partial charge on any atom is -0.478 e. The van der Waals surface area contributed by atoms with E-state index >= 15 is 0 Å². The SMILES string of the molecule is O=C(O)c1ccc(N2CCCCC2)c(N2C(=O)CCC2=O)c1. The van der Waals surface area contributed by atoms with Gasteiger partial charge in [-0.1, -0.05) is 0 Å². The van der Waals surface area contributed by atoms with E-state index in [1.807, 2.05) is 0 Å². The number of anilines is 2. The van der Waals surface area contributed by atoms with E-state index < -0.39 is 5.97 Å². The van der Waals surface area contributed by atoms with Crippen molar-refractivity contribution < 1.29 is 19.5 Å². The van der Waals surface area contributed by atoms with E-state index in [0.717, 1.165) is 36.5 Å². The number of carboxylic acid groups (broad SMARTS) is 1. The van der Waals surface area contributed by atoms with Crippen LogP contribution in [0.5, 0.6) is 0 Å². The third-order valence-electron chi connectivity index (χ3n) is 4.21. The van der Waals surface area contributed by atoms with Crippen LogP contribution in [0.15, 0.2) is 18.2 Å². The first-order valence-electron chi connectivity index (χ1n) is 7.56. The number of carboxylic acids is 1. The second-order valence-corrected chi connectivity index (χ2v) is 5.68. The summed E-state index contributed by atoms with van der Waals surface area (Å²) in [5.74, 6) is -1.58. The molecule has 2 heterocycles. The fraction of sp³-hybridized carbons (Fsp3) is 0.438. The van der Waals surface area contributed by atoms with Crippen LogP contribution in [0, 0.1) is 0 Å². The van der Waals surface area contributed by atoms with Crippen LogP contribution in [-0.4, -0.2) is 36.0 Å². The summed E-state index contributed by atoms with van der Waals surface area (Å²) in [4.78, 5) is 38.6. The summed E-state index contributed by atoms with van der Waals surface area (Å²) in [5.41, 5.74) is 1.27. The minimum absolute atomic E-state index is 0.0864. The van der Waals surface area contributed by atoms with Gasteiger partial charge in [0.15, 0.2) is 0 Å². The highest BCUT2D eigenvalue weighted by atomic mass is 16.4. The van der Waals surface area contributed by atoms with E-state index in [2.05, 4.69) is 4.90 Å². The second kappa shape index (κ2) is 5.79. The van der Waals surface area contributed by atoms with Crippen molar-refractivity contribution in [1.82, 2.24) is 0 Å². The molecule has 0 saturated carbocycles. The number of hydrogen-bond donors (Lipinski definition) is 1. The summed E-state index contributed by atoms with van der Waals surface area (Å²) in [6.45, 7) is 1.71. The van der Waals surface area contributed by atoms with Crippen molar-refractivity contribution >= 4 is 29.2 Å². The van der Waals surface area contributed by atoms with Gasteiger partial charge in [0.2, 0.25) is 11.8 Å². The van der Waals surface area contributed by atoms with Gasteiger partial charge in [-0.05, 0) is 37.5 Å². The maximum absolute atomic E-state index is 12.0. The fourth-order valence-electron chi connectivity index (χ4n) is 3.08. The molecule has 2 aliphatic heterocycles. The molecule has 0 unspecified atom stereocenters. The van der Waals surface area contributed by atoms with Gasteiger partial charge in [-0.3, -0.25) is 9.59 Å². The Kier molecular flexibility index (Phi) is 3.83. The van der Waals surface area contributed by atoms with Crippen LogP contribution in [0.25, 0.3) is 0 Å². The van der Waals surface area contributed by atoms with Crippen molar-refractivity contribution in [3.8, 4) is 0 Å². The van der Waals surface area contributed by atoms with Crippen molar-refractivity contribution in [2.24, 2.45) is 0 Å². The molecular formula is C16H18N2O4. The van der Waals surface area contributed by atoms with Gasteiger partial charge in [-0.15, -0.1) is 0 Å². The van der Waals surface area contributed by atoms with Gasteiger partial charge in [-0.25, -0.2) is 9.69 Å². The Morgan fingerprint density at radius 2 is 1.59 bits per heavy atom. The zero-order valence-electron chi connectivity index (χ0n) is 12.2. The minimum atomic E-state index is -1.06. The van der Waals surface area contributed by atoms with E-state index in [1.54, 1.807) is 6.07 Å². The predicted octanol–water partition coefficient (Wildman–Crippen LogP) is 2.03. The first kappa shape index (κ1) is 14.6. The summed E-state index contributed by atoms with van der Waals surface area (Å²) in [6, 6.07) is 4.68. The molecule has 6 heteroatoms. The van der Waals surface area contributed by atoms with Crippen LogP contribution in [0.4, 0.5) is 11.4 Å². The van der Waals surface area contributed by atoms with E-state index in [9.17, 15) is 19.5 Å². The Morgan fingerprint density at radius 1 is 0.955 bits per heavy atom. The van der Waals surface area contributed by atoms with Gasteiger partial charge in [0, 0.05) is 25.9 Å². The topological polar surface area (TPSA) is 77.9 Å². The van der Waals surface area contributed by atoms with Crippen molar-refractivity contribution in [2.45, 2.75) is 32.1 Å². The highest BCUT2D eigenvalue weighted by Crippen LogP contribution is 2.35. The molecule has 1 aromatic carbocycles. The highest BCUT2D eigenvalue weighted by Gasteiger charge is 2.33. The summed E-state index contributed by atoms with van der Waals surface area (Å²) >= 11 is 0. The predicted molar refractivity (Wildman–Crippen MR) is 81.2 cm³/mol. The van der Waals surface area contributed by atoms with Crippen LogP contribution in [-0.2, 0) is 9.59 Å². The van der Waals surface area contributed by atoms with Crippen LogP contribution >= 0.6 is 0 Å². The Hall–Kier alpha value is -2.37. The zero-order chi connectivity index (χ0) is 15.7. The van der Waals surface area contributed by atoms with E-state index in [-0.39, 0.29) is 30.2 Å². The number of amides is 2. The number of hydrogen-bond acceptors (Lipinski definition) is 4. The number of carbonyl (C=O) groups excluding carboxylic acids is 2. The molecule has 2 aliphatic rings. The number of nitrogens with zero attached hydrogens (tertiary/aromatic N) is 2. The summed E-state index contributed by atoms with van der Waals surface area (Å²) in [7, 11) is 0. The van der Waals surface area contributed by atoms with Gasteiger partial charge in [0.25, 0.3) is 0 Å². The largest absolute Gasteiger partial charge is 0.478 e. The van der Waals surface area contributed by atoms with E-state index in [0.29, 0.717) is 5.69 Å². The Balaban J connectivity index is 2.06. The van der Waals surface area contributed by atoms with Gasteiger partial charge >= 0.3 is 5.97 Å². The third-order valence-corrected chi connectivity index (χ3v) is 4.21. The van der Waals surface area contributed by atoms with Crippen LogP contribution in [0.3, 0.4) is 0 Å². The Bertz CT molecular complexity index is 619. The molecule has 6 nitrogen and oxygen atoms in total. The maximum atomic E-state index is 12.0. The third kappa shape index (κ3) is 2.56. The first-order chi connectivity index (χ1) is 10.6. The molecule has 0 spiro atoms. The molecular weight excluding hydrogens is 284 g/mol. The van der Waals surface area contributed by atoms with Crippen LogP contribution < -0.4 is 9.80 Å². The Morgan fingerprint density at radius 3 is 2.18 bits per heavy atom. The average Bonchev–Trinajstić information content (AvgIpc) is 2.86. The summed E-state index contributed by atoms with van der Waals surface area (Å²) < 4.78 is 0. The van der Waals surface area contributed by atoms with Gasteiger partial charge in [-0.2, -0.15) is 0 Å². The Labute approximate surface area is 128 Å². The first-order valence-corrected chi connectivity index (χ1v) is 7.56. The molecule has 0 bridgehead atoms. The molecule has 2 saturated heterocycles. The van der Waals surface area contributed by atoms with Gasteiger partial charge in [0.1, 0.15) is 0 Å². The molecule has 0 radical (unpaired) electrons. The summed E-state index contributed by atoms with van der Waals surface area (Å²) in [5, 5.41) is 9.18. The molecule has 0 aromatic heterocycles. The molecule has 2 amide bonds. The quantitative estimate of drug-likeness (QED) is 0.864. The van der Waals surface area contributed by atoms with Crippen LogP contribution in [0.2, 0.25) is 0 Å². The molecule has 2 fully saturated rings. The normalized spacial score (nSPS) is 18.9. The molecule has 1 aromatic rings. The number of aromatic carboxylic acids is 1. The summed E-state index contributed by atoms with van der Waals surface area (Å²) in [6.07, 6.45) is 3.66. The van der Waals surface area contributed by atoms with Crippen molar-refractivity contribution in [1.29, 1.82) is 0 Å². The lowest BCUT2D eigenvalue weighted by Crippen LogP contribution is -2.34. The van der Waals surface area contributed by atoms with Crippen molar-refractivity contribution in [3.05, 3.63) is 23.8 Å². The highest BCUT2D eigenvalue weighted by molar-refractivity contribution is 6.21. The zero-order valence-corrected chi connectivity index (χ0v) is 12.2. The molecule has 3 rings (SSSR count). The molecule has 22 heavy (non-hydrogen) atoms. The van der Waals surface area contributed by atoms with Gasteiger partial charge in [0.05, 0.1) is 16.9 Å². The molecule has 0 atom stereocenters. The smallest absolute Gasteiger partial charge is 0.335 e. The monoisotopic (exact) mass is 302 g/mol. The van der Waals surface area contributed by atoms with Gasteiger partial charge < -0.3 is 10.0 Å². The van der Waals surface area contributed by atoms with E-state index in [4.69, 9.17) is 0 Å². The van der Waals surface area contributed by atoms with Crippen molar-refractivity contribution in [2.75, 3.05) is 22.9 Å². The second-order valence-electron chi connectivity index (χ2n) is 5.68. The number of imide groups is 1. The van der Waals surface area contributed by atoms with Crippen molar-refractivity contribution in [3.63, 3.8) is 0 Å². The maximum Gasteiger partial charge on any atom is 0.335 e. The molecule has 116 valence electrons.